The Bertz CT molecular complexity index is 4430. The molecule has 10 atom stereocenters. The number of rotatable bonds is 9. The maximum atomic E-state index is 14.4. The van der Waals surface area contributed by atoms with Gasteiger partial charge in [-0.2, -0.15) is 26.3 Å². The normalized spacial score (nSPS) is 30.6. The van der Waals surface area contributed by atoms with Crippen LogP contribution in [0.2, 0.25) is 0 Å². The molecule has 31 heteroatoms. The van der Waals surface area contributed by atoms with E-state index >= 15 is 0 Å². The number of halogens is 6. The second-order valence-corrected chi connectivity index (χ2v) is 35.5. The molecule has 2 aromatic heterocycles. The fourth-order valence-electron chi connectivity index (χ4n) is 15.8. The highest BCUT2D eigenvalue weighted by Gasteiger charge is 2.65. The van der Waals surface area contributed by atoms with Crippen molar-refractivity contribution in [2.24, 2.45) is 28.8 Å². The van der Waals surface area contributed by atoms with Crippen LogP contribution >= 0.6 is 0 Å². The molecule has 2 saturated heterocycles. The van der Waals surface area contributed by atoms with E-state index in [1.165, 1.54) is 24.0 Å². The van der Waals surface area contributed by atoms with Crippen LogP contribution in [0.3, 0.4) is 0 Å². The van der Waals surface area contributed by atoms with Gasteiger partial charge in [-0.05, 0) is 153 Å². The summed E-state index contributed by atoms with van der Waals surface area (Å²) in [6.07, 6.45) is 7.78. The number of nitrogens with one attached hydrogen (secondary N) is 3. The number of sulfonamides is 2. The summed E-state index contributed by atoms with van der Waals surface area (Å²) in [5.41, 5.74) is -3.99. The van der Waals surface area contributed by atoms with Crippen LogP contribution in [0.25, 0.3) is 21.8 Å². The highest BCUT2D eigenvalue weighted by Crippen LogP contribution is 2.53. The third kappa shape index (κ3) is 16.0. The topological polar surface area (TPSA) is 322 Å². The lowest BCUT2D eigenvalue weighted by molar-refractivity contribution is -0.146. The van der Waals surface area contributed by atoms with Crippen LogP contribution in [0.15, 0.2) is 60.7 Å². The van der Waals surface area contributed by atoms with Gasteiger partial charge in [0.2, 0.25) is 43.7 Å². The van der Waals surface area contributed by atoms with E-state index in [2.05, 4.69) is 25.3 Å². The predicted octanol–water partition coefficient (Wildman–Crippen LogP) is 10.00. The average Bonchev–Trinajstić information content (AvgIpc) is 1.62. The van der Waals surface area contributed by atoms with Gasteiger partial charge in [0, 0.05) is 58.4 Å². The molecular formula is C74H92F6N8O15S2. The number of methoxy groups -OCH3 is 2. The number of aromatic nitrogens is 2. The van der Waals surface area contributed by atoms with Crippen LogP contribution in [0.4, 0.5) is 26.3 Å². The Morgan fingerprint density at radius 2 is 1.05 bits per heavy atom. The predicted molar refractivity (Wildman–Crippen MR) is 374 cm³/mol. The Balaban J connectivity index is 0.000000179. The van der Waals surface area contributed by atoms with Crippen LogP contribution < -0.4 is 39.4 Å². The van der Waals surface area contributed by atoms with Gasteiger partial charge in [-0.3, -0.25) is 28.7 Å². The van der Waals surface area contributed by atoms with Crippen molar-refractivity contribution in [1.82, 2.24) is 35.1 Å². The largest absolute Gasteiger partial charge is 0.497 e. The molecule has 8 heterocycles. The van der Waals surface area contributed by atoms with Gasteiger partial charge < -0.3 is 44.5 Å². The zero-order valence-electron chi connectivity index (χ0n) is 59.7. The van der Waals surface area contributed by atoms with Gasteiger partial charge >= 0.3 is 18.3 Å². The molecule has 14 rings (SSSR count). The fraction of sp³-hybridized carbons (Fsp3) is 0.622. The lowest BCUT2D eigenvalue weighted by Gasteiger charge is -2.37. The monoisotopic (exact) mass is 1510 g/mol. The average molecular weight is 1510 g/mol. The molecule has 0 radical (unpaired) electrons. The number of hydrogen-bond acceptors (Lipinski definition) is 16. The van der Waals surface area contributed by atoms with Crippen molar-refractivity contribution in [1.29, 1.82) is 0 Å². The number of benzene rings is 2. The molecule has 6 N–H and O–H groups in total. The minimum absolute atomic E-state index is 0.00128. The molecule has 4 aromatic rings. The number of pyridine rings is 2. The Hall–Kier alpha value is -7.80. The number of aliphatic carboxylic acids is 1. The summed E-state index contributed by atoms with van der Waals surface area (Å²) in [5, 5.41) is 21.8. The molecule has 572 valence electrons. The molecule has 0 unspecified atom stereocenters. The van der Waals surface area contributed by atoms with Gasteiger partial charge in [-0.25, -0.2) is 36.7 Å². The summed E-state index contributed by atoms with van der Waals surface area (Å²) in [5.74, 6) is -4.32. The Labute approximate surface area is 606 Å². The molecule has 2 aromatic carbocycles. The van der Waals surface area contributed by atoms with Crippen molar-refractivity contribution < 1.29 is 96.0 Å². The molecule has 4 aliphatic carbocycles. The second kappa shape index (κ2) is 28.4. The number of fused-ring (bicyclic) bond motifs is 10. The zero-order chi connectivity index (χ0) is 75.8. The molecular weight excluding hydrogens is 1420 g/mol. The lowest BCUT2D eigenvalue weighted by atomic mass is 9.86. The first-order valence-corrected chi connectivity index (χ1v) is 39.2. The summed E-state index contributed by atoms with van der Waals surface area (Å²) in [4.78, 5) is 94.0. The van der Waals surface area contributed by atoms with Crippen LogP contribution in [-0.2, 0) is 74.5 Å². The standard InChI is InChI=1S/C37H45F3N4O7S.C33H38F3N3O6.C4H9NO2S/c1-22-9-7-5-4-6-8-10-23-18-36(23,33(47)43-52(48,49)34(2)15-16-34)42-31(45)29-20-35(21-44(29)32(22)46)14-13-25-26-17-24(50-3)11-12-27(26)41-28(30(25)51-35)19-37(38,39)40;1-19-8-6-4-3-5-7-9-20-15-32(20,30(42)43)38-28(40)26-17-31(18-39(26)29(19)41)13-12-22-23-14-21(44-2)10-11-24(23)37-25(27(22)45-31)16-33(34,35)36;1-4(2-3-4)8(5,6)7/h8,10-12,17,22-23,29H,4-7,9,13-16,18-21H2,1-3H3,(H,42,45)(H,43,47);7,9-11,14,19-20,26H,3-6,8,12-13,15-18H2,1-2H3,(H,38,40)(H,42,43);2-3H2,1H3,(H2,5,6,7)/b10-8-;9-7-;/t22-,23+,29-,35+,36+;19-,20+,26-,31+,32+;/m00./s1. The first-order chi connectivity index (χ1) is 49.3. The second-order valence-electron chi connectivity index (χ2n) is 31.2. The van der Waals surface area contributed by atoms with Gasteiger partial charge in [-0.1, -0.05) is 63.8 Å². The maximum absolute atomic E-state index is 14.4. The maximum Gasteiger partial charge on any atom is 0.394 e. The number of alkyl halides is 6. The van der Waals surface area contributed by atoms with Gasteiger partial charge in [0.25, 0.3) is 5.91 Å². The number of primary sulfonamides is 1. The summed E-state index contributed by atoms with van der Waals surface area (Å²) in [7, 11) is -4.24. The molecule has 6 fully saturated rings. The number of carbonyl (C=O) groups excluding carboxylic acids is 5. The Kier molecular flexibility index (Phi) is 20.8. The van der Waals surface area contributed by atoms with Gasteiger partial charge in [0.15, 0.2) is 0 Å². The van der Waals surface area contributed by atoms with E-state index in [0.29, 0.717) is 95.8 Å². The number of amides is 5. The van der Waals surface area contributed by atoms with Crippen molar-refractivity contribution in [2.75, 3.05) is 27.3 Å². The lowest BCUT2D eigenvalue weighted by Crippen LogP contribution is -2.57. The highest BCUT2D eigenvalue weighted by molar-refractivity contribution is 7.91. The number of nitrogens with zero attached hydrogens (tertiary/aromatic N) is 4. The summed E-state index contributed by atoms with van der Waals surface area (Å²) >= 11 is 0. The van der Waals surface area contributed by atoms with Crippen LogP contribution in [-0.4, -0.2) is 161 Å². The molecule has 105 heavy (non-hydrogen) atoms. The summed E-state index contributed by atoms with van der Waals surface area (Å²) < 4.78 is 155. The van der Waals surface area contributed by atoms with E-state index in [0.717, 1.165) is 64.2 Å². The van der Waals surface area contributed by atoms with E-state index in [4.69, 9.17) is 24.1 Å². The number of carbonyl (C=O) groups is 6. The third-order valence-corrected chi connectivity index (χ3v) is 27.2. The van der Waals surface area contributed by atoms with Gasteiger partial charge in [0.05, 0.1) is 72.1 Å². The van der Waals surface area contributed by atoms with Crippen molar-refractivity contribution in [3.05, 3.63) is 83.2 Å². The highest BCUT2D eigenvalue weighted by atomic mass is 32.2. The molecule has 2 spiro atoms. The molecule has 6 aliphatic heterocycles. The Morgan fingerprint density at radius 3 is 1.44 bits per heavy atom. The smallest absolute Gasteiger partial charge is 0.394 e. The minimum Gasteiger partial charge on any atom is -0.497 e. The van der Waals surface area contributed by atoms with Crippen LogP contribution in [0.5, 0.6) is 23.0 Å². The molecule has 4 saturated carbocycles. The number of ether oxygens (including phenoxy) is 4. The van der Waals surface area contributed by atoms with E-state index in [1.807, 2.05) is 31.2 Å². The first kappa shape index (κ1) is 76.8. The summed E-state index contributed by atoms with van der Waals surface area (Å²) in [6.45, 7) is 6.81. The van der Waals surface area contributed by atoms with E-state index < -0.39 is 131 Å². The van der Waals surface area contributed by atoms with Crippen LogP contribution in [0, 0.1) is 23.7 Å². The van der Waals surface area contributed by atoms with E-state index in [9.17, 15) is 77.1 Å². The summed E-state index contributed by atoms with van der Waals surface area (Å²) in [6, 6.07) is 7.79. The molecule has 23 nitrogen and oxygen atoms in total. The number of nitrogens with two attached hydrogens (primary N) is 1. The number of hydrogen-bond donors (Lipinski definition) is 5. The number of allylic oxidation sites excluding steroid dienone is 2. The quantitative estimate of drug-likeness (QED) is 0.0768. The van der Waals surface area contributed by atoms with E-state index in [-0.39, 0.29) is 79.4 Å². The van der Waals surface area contributed by atoms with Crippen molar-refractivity contribution in [2.45, 2.75) is 238 Å². The number of aryl methyl sites for hydroxylation is 2. The Morgan fingerprint density at radius 1 is 0.629 bits per heavy atom. The molecule has 0 bridgehead atoms. The van der Waals surface area contributed by atoms with Gasteiger partial charge in [0.1, 0.15) is 57.4 Å². The van der Waals surface area contributed by atoms with Gasteiger partial charge in [-0.15, -0.1) is 0 Å². The third-order valence-electron chi connectivity index (χ3n) is 23.2. The zero-order valence-corrected chi connectivity index (χ0v) is 61.4. The van der Waals surface area contributed by atoms with Crippen molar-refractivity contribution >= 4 is 77.4 Å². The molecule has 10 aliphatic rings. The molecule has 5 amide bonds. The first-order valence-electron chi connectivity index (χ1n) is 36.2. The van der Waals surface area contributed by atoms with Crippen LogP contribution in [0.1, 0.15) is 179 Å². The number of carboxylic acid groups (broad SMARTS) is 1. The fourth-order valence-corrected chi connectivity index (χ4v) is 17.8. The number of carboxylic acids is 1. The van der Waals surface area contributed by atoms with Crippen molar-refractivity contribution in [3.8, 4) is 23.0 Å². The van der Waals surface area contributed by atoms with E-state index in [1.54, 1.807) is 57.2 Å². The SMILES string of the molecule is CC1(S(N)(=O)=O)CC1.COc1ccc2nc(CC(F)(F)F)c3c(c2c1)CC[C@]1(C[C@H]2C(=O)N[C@]4(C(=O)NS(=O)(=O)C5(C)CC5)C[C@H]4/C=C\CCCCC[C@H](C)C(=O)N2C1)O3.COc1ccc2nc(CC(F)(F)F)c3c(c2c1)CC[C@]1(C[C@H]2C(=O)N[C@]4(C(=O)O)C[C@H]4/C=C\CCCCC[C@H](C)C(=O)N2C1)O3. The minimum atomic E-state index is -4.58. The van der Waals surface area contributed by atoms with Crippen molar-refractivity contribution in [3.63, 3.8) is 0 Å².